The van der Waals surface area contributed by atoms with Crippen LogP contribution in [0.3, 0.4) is 0 Å². The lowest BCUT2D eigenvalue weighted by atomic mass is 9.84. The standard InChI is InChI=1S/C8H14FN/c9-7-2-1-3-8(7)4-5-10-6-8/h7,10H,1-6H2. The summed E-state index contributed by atoms with van der Waals surface area (Å²) in [6, 6.07) is 0. The van der Waals surface area contributed by atoms with Gasteiger partial charge in [0, 0.05) is 12.0 Å². The van der Waals surface area contributed by atoms with Gasteiger partial charge in [0.05, 0.1) is 0 Å². The van der Waals surface area contributed by atoms with E-state index >= 15 is 0 Å². The molecule has 1 nitrogen and oxygen atoms in total. The minimum atomic E-state index is -0.512. The smallest absolute Gasteiger partial charge is 0.107 e. The van der Waals surface area contributed by atoms with Gasteiger partial charge < -0.3 is 5.32 Å². The van der Waals surface area contributed by atoms with E-state index < -0.39 is 6.17 Å². The predicted octanol–water partition coefficient (Wildman–Crippen LogP) is 1.49. The zero-order chi connectivity index (χ0) is 7.03. The van der Waals surface area contributed by atoms with Crippen LogP contribution in [0.15, 0.2) is 0 Å². The first kappa shape index (κ1) is 6.59. The number of alkyl halides is 1. The number of halogens is 1. The summed E-state index contributed by atoms with van der Waals surface area (Å²) in [5, 5.41) is 3.25. The average Bonchev–Trinajstić information content (AvgIpc) is 2.48. The van der Waals surface area contributed by atoms with E-state index in [4.69, 9.17) is 0 Å². The zero-order valence-electron chi connectivity index (χ0n) is 6.20. The first-order valence-corrected chi connectivity index (χ1v) is 4.18. The zero-order valence-corrected chi connectivity index (χ0v) is 6.20. The van der Waals surface area contributed by atoms with Crippen molar-refractivity contribution in [2.24, 2.45) is 5.41 Å². The quantitative estimate of drug-likeness (QED) is 0.541. The van der Waals surface area contributed by atoms with Crippen LogP contribution in [-0.4, -0.2) is 19.3 Å². The molecule has 2 rings (SSSR count). The van der Waals surface area contributed by atoms with Crippen molar-refractivity contribution in [3.05, 3.63) is 0 Å². The lowest BCUT2D eigenvalue weighted by molar-refractivity contribution is 0.161. The highest BCUT2D eigenvalue weighted by Gasteiger charge is 2.44. The molecule has 2 heteroatoms. The Morgan fingerprint density at radius 1 is 1.40 bits per heavy atom. The van der Waals surface area contributed by atoms with Gasteiger partial charge in [-0.05, 0) is 32.2 Å². The summed E-state index contributed by atoms with van der Waals surface area (Å²) in [4.78, 5) is 0. The second-order valence-corrected chi connectivity index (χ2v) is 3.65. The van der Waals surface area contributed by atoms with Gasteiger partial charge >= 0.3 is 0 Å². The number of hydrogen-bond acceptors (Lipinski definition) is 1. The molecule has 0 bridgehead atoms. The summed E-state index contributed by atoms with van der Waals surface area (Å²) < 4.78 is 13.2. The third-order valence-corrected chi connectivity index (χ3v) is 3.07. The van der Waals surface area contributed by atoms with Crippen molar-refractivity contribution in [2.75, 3.05) is 13.1 Å². The summed E-state index contributed by atoms with van der Waals surface area (Å²) in [7, 11) is 0. The second kappa shape index (κ2) is 2.19. The van der Waals surface area contributed by atoms with E-state index in [9.17, 15) is 4.39 Å². The van der Waals surface area contributed by atoms with Gasteiger partial charge in [0.2, 0.25) is 0 Å². The molecule has 58 valence electrons. The molecular weight excluding hydrogens is 129 g/mol. The van der Waals surface area contributed by atoms with E-state index in [1.54, 1.807) is 0 Å². The van der Waals surface area contributed by atoms with E-state index in [1.807, 2.05) is 0 Å². The summed E-state index contributed by atoms with van der Waals surface area (Å²) in [6.45, 7) is 1.95. The molecule has 1 spiro atoms. The molecule has 0 aromatic heterocycles. The van der Waals surface area contributed by atoms with E-state index in [-0.39, 0.29) is 5.41 Å². The maximum Gasteiger partial charge on any atom is 0.107 e. The van der Waals surface area contributed by atoms with Crippen molar-refractivity contribution < 1.29 is 4.39 Å². The Hall–Kier alpha value is -0.110. The normalized spacial score (nSPS) is 47.1. The fourth-order valence-electron chi connectivity index (χ4n) is 2.34. The van der Waals surface area contributed by atoms with Crippen LogP contribution in [0.2, 0.25) is 0 Å². The van der Waals surface area contributed by atoms with Crippen molar-refractivity contribution in [3.8, 4) is 0 Å². The molecule has 0 amide bonds. The number of nitrogens with one attached hydrogen (secondary N) is 1. The molecule has 2 aliphatic rings. The maximum absolute atomic E-state index is 13.2. The lowest BCUT2D eigenvalue weighted by Gasteiger charge is -2.23. The number of hydrogen-bond donors (Lipinski definition) is 1. The Kier molecular flexibility index (Phi) is 1.44. The topological polar surface area (TPSA) is 12.0 Å². The van der Waals surface area contributed by atoms with Gasteiger partial charge in [-0.15, -0.1) is 0 Å². The molecular formula is C8H14FN. The van der Waals surface area contributed by atoms with Gasteiger partial charge in [-0.1, -0.05) is 0 Å². The fourth-order valence-corrected chi connectivity index (χ4v) is 2.34. The van der Waals surface area contributed by atoms with E-state index in [1.165, 1.54) is 0 Å². The Balaban J connectivity index is 2.11. The molecule has 2 unspecified atom stereocenters. The predicted molar refractivity (Wildman–Crippen MR) is 38.7 cm³/mol. The molecule has 0 aromatic rings. The number of rotatable bonds is 0. The Labute approximate surface area is 61.0 Å². The Bertz CT molecular complexity index is 124. The van der Waals surface area contributed by atoms with Crippen molar-refractivity contribution >= 4 is 0 Å². The first-order valence-electron chi connectivity index (χ1n) is 4.18. The monoisotopic (exact) mass is 143 g/mol. The highest BCUT2D eigenvalue weighted by Crippen LogP contribution is 2.44. The average molecular weight is 143 g/mol. The summed E-state index contributed by atoms with van der Waals surface area (Å²) >= 11 is 0. The SMILES string of the molecule is FC1CCCC12CCNC2. The molecule has 1 N–H and O–H groups in total. The molecule has 0 aromatic carbocycles. The van der Waals surface area contributed by atoms with Crippen LogP contribution in [0.4, 0.5) is 4.39 Å². The molecule has 10 heavy (non-hydrogen) atoms. The first-order chi connectivity index (χ1) is 4.83. The van der Waals surface area contributed by atoms with Crippen LogP contribution in [0, 0.1) is 5.41 Å². The van der Waals surface area contributed by atoms with Gasteiger partial charge in [-0.2, -0.15) is 0 Å². The molecule has 0 radical (unpaired) electrons. The molecule has 2 atom stereocenters. The fraction of sp³-hybridized carbons (Fsp3) is 1.00. The van der Waals surface area contributed by atoms with Crippen molar-refractivity contribution in [1.82, 2.24) is 5.32 Å². The minimum Gasteiger partial charge on any atom is -0.316 e. The summed E-state index contributed by atoms with van der Waals surface area (Å²) in [5.74, 6) is 0. The van der Waals surface area contributed by atoms with Crippen molar-refractivity contribution in [2.45, 2.75) is 31.9 Å². The van der Waals surface area contributed by atoms with Gasteiger partial charge in [0.15, 0.2) is 0 Å². The molecule has 1 saturated carbocycles. The van der Waals surface area contributed by atoms with E-state index in [2.05, 4.69) is 5.32 Å². The Morgan fingerprint density at radius 2 is 2.30 bits per heavy atom. The molecule has 1 aliphatic carbocycles. The maximum atomic E-state index is 13.2. The van der Waals surface area contributed by atoms with Crippen molar-refractivity contribution in [3.63, 3.8) is 0 Å². The third-order valence-electron chi connectivity index (χ3n) is 3.07. The second-order valence-electron chi connectivity index (χ2n) is 3.65. The highest BCUT2D eigenvalue weighted by molar-refractivity contribution is 4.97. The van der Waals surface area contributed by atoms with Gasteiger partial charge in [0.25, 0.3) is 0 Å². The van der Waals surface area contributed by atoms with Crippen LogP contribution in [-0.2, 0) is 0 Å². The third kappa shape index (κ3) is 0.782. The van der Waals surface area contributed by atoms with Gasteiger partial charge in [-0.3, -0.25) is 0 Å². The minimum absolute atomic E-state index is 0.0694. The Morgan fingerprint density at radius 3 is 2.80 bits per heavy atom. The van der Waals surface area contributed by atoms with E-state index in [0.29, 0.717) is 0 Å². The lowest BCUT2D eigenvalue weighted by Crippen LogP contribution is -2.29. The van der Waals surface area contributed by atoms with Gasteiger partial charge in [0.1, 0.15) is 6.17 Å². The summed E-state index contributed by atoms with van der Waals surface area (Å²) in [6.07, 6.45) is 3.57. The molecule has 1 aliphatic heterocycles. The van der Waals surface area contributed by atoms with Gasteiger partial charge in [-0.25, -0.2) is 4.39 Å². The van der Waals surface area contributed by atoms with Crippen LogP contribution in [0.5, 0.6) is 0 Å². The highest BCUT2D eigenvalue weighted by atomic mass is 19.1. The molecule has 1 heterocycles. The molecule has 1 saturated heterocycles. The van der Waals surface area contributed by atoms with Crippen LogP contribution in [0.25, 0.3) is 0 Å². The molecule has 2 fully saturated rings. The van der Waals surface area contributed by atoms with Crippen LogP contribution in [0.1, 0.15) is 25.7 Å². The van der Waals surface area contributed by atoms with Crippen molar-refractivity contribution in [1.29, 1.82) is 0 Å². The largest absolute Gasteiger partial charge is 0.316 e. The van der Waals surface area contributed by atoms with Crippen LogP contribution >= 0.6 is 0 Å². The summed E-state index contributed by atoms with van der Waals surface area (Å²) in [5.41, 5.74) is 0.0694. The van der Waals surface area contributed by atoms with E-state index in [0.717, 1.165) is 38.8 Å². The van der Waals surface area contributed by atoms with Crippen LogP contribution < -0.4 is 5.32 Å².